The smallest absolute Gasteiger partial charge is 0.410 e. The van der Waals surface area contributed by atoms with Crippen molar-refractivity contribution in [1.29, 1.82) is 0 Å². The number of nitrogens with zero attached hydrogens (tertiary/aromatic N) is 2. The van der Waals surface area contributed by atoms with E-state index in [1.54, 1.807) is 11.1 Å². The van der Waals surface area contributed by atoms with E-state index in [1.807, 2.05) is 39.0 Å². The van der Waals surface area contributed by atoms with Gasteiger partial charge in [-0.2, -0.15) is 0 Å². The Morgan fingerprint density at radius 3 is 2.64 bits per heavy atom. The third-order valence-electron chi connectivity index (χ3n) is 4.04. The number of allylic oxidation sites excluding steroid dienone is 2. The molecule has 1 aliphatic heterocycles. The van der Waals surface area contributed by atoms with E-state index in [0.29, 0.717) is 24.1 Å². The summed E-state index contributed by atoms with van der Waals surface area (Å²) in [7, 11) is -1.22. The van der Waals surface area contributed by atoms with Crippen LogP contribution in [0.25, 0.3) is 6.08 Å². The first-order valence-corrected chi connectivity index (χ1v) is 13.5. The molecule has 154 valence electrons. The Bertz CT molecular complexity index is 751. The van der Waals surface area contributed by atoms with Gasteiger partial charge in [-0.3, -0.25) is 0 Å². The molecule has 28 heavy (non-hydrogen) atoms. The average molecular weight is 423 g/mol. The van der Waals surface area contributed by atoms with Crippen LogP contribution in [0.3, 0.4) is 0 Å². The molecule has 0 aliphatic carbocycles. The molecule has 0 saturated carbocycles. The molecule has 0 N–H and O–H groups in total. The molecule has 1 fully saturated rings. The highest BCUT2D eigenvalue weighted by atomic mass is 35.5. The zero-order valence-electron chi connectivity index (χ0n) is 17.7. The lowest BCUT2D eigenvalue weighted by Crippen LogP contribution is -2.55. The van der Waals surface area contributed by atoms with E-state index < -0.39 is 13.7 Å². The van der Waals surface area contributed by atoms with Gasteiger partial charge in [0, 0.05) is 12.1 Å². The second-order valence-corrected chi connectivity index (χ2v) is 14.5. The van der Waals surface area contributed by atoms with Crippen LogP contribution in [-0.4, -0.2) is 48.8 Å². The van der Waals surface area contributed by atoms with Gasteiger partial charge in [0.25, 0.3) is 0 Å². The van der Waals surface area contributed by atoms with Crippen molar-refractivity contribution >= 4 is 31.8 Å². The second-order valence-electron chi connectivity index (χ2n) is 9.06. The minimum atomic E-state index is -1.22. The summed E-state index contributed by atoms with van der Waals surface area (Å²) in [5.41, 5.74) is 2.56. The largest absolute Gasteiger partial charge is 0.490 e. The molecule has 1 atom stereocenters. The Morgan fingerprint density at radius 1 is 1.36 bits per heavy atom. The van der Waals surface area contributed by atoms with Crippen molar-refractivity contribution in [1.82, 2.24) is 9.88 Å². The normalized spacial score (nSPS) is 17.8. The monoisotopic (exact) mass is 422 g/mol. The highest BCUT2D eigenvalue weighted by Gasteiger charge is 2.35. The van der Waals surface area contributed by atoms with Crippen LogP contribution in [0, 0.1) is 0 Å². The number of hydrogen-bond donors (Lipinski definition) is 0. The fourth-order valence-electron chi connectivity index (χ4n) is 2.51. The van der Waals surface area contributed by atoms with Crippen LogP contribution in [0.4, 0.5) is 4.79 Å². The average Bonchev–Trinajstić information content (AvgIpc) is 2.50. The van der Waals surface area contributed by atoms with Crippen molar-refractivity contribution in [3.63, 3.8) is 0 Å². The molecule has 2 rings (SSSR count). The van der Waals surface area contributed by atoms with E-state index in [-0.39, 0.29) is 12.1 Å². The maximum absolute atomic E-state index is 12.2. The maximum Gasteiger partial charge on any atom is 0.410 e. The number of pyridine rings is 1. The van der Waals surface area contributed by atoms with Crippen LogP contribution in [-0.2, 0) is 4.74 Å². The van der Waals surface area contributed by atoms with Gasteiger partial charge in [0.1, 0.15) is 23.1 Å². The molecule has 7 heteroatoms. The molecule has 1 aromatic rings. The molecule has 1 aliphatic rings. The summed E-state index contributed by atoms with van der Waals surface area (Å²) in [4.78, 5) is 18.1. The molecule has 0 aromatic carbocycles. The van der Waals surface area contributed by atoms with Crippen molar-refractivity contribution in [2.75, 3.05) is 13.2 Å². The fraction of sp³-hybridized carbons (Fsp3) is 0.524. The molecular formula is C21H31ClN2O3Si. The summed E-state index contributed by atoms with van der Waals surface area (Å²) in [5.74, 6) is 0.634. The number of hydrogen-bond acceptors (Lipinski definition) is 4. The number of likely N-dealkylation sites (tertiary alicyclic amines) is 1. The van der Waals surface area contributed by atoms with Gasteiger partial charge in [0.2, 0.25) is 0 Å². The second kappa shape index (κ2) is 9.14. The maximum atomic E-state index is 12.2. The first kappa shape index (κ1) is 22.5. The van der Waals surface area contributed by atoms with E-state index in [9.17, 15) is 4.79 Å². The van der Waals surface area contributed by atoms with Crippen molar-refractivity contribution in [3.05, 3.63) is 40.8 Å². The zero-order chi connectivity index (χ0) is 20.9. The first-order chi connectivity index (χ1) is 12.9. The number of carbonyl (C=O) groups excluding carboxylic acids is 1. The quantitative estimate of drug-likeness (QED) is 0.341. The van der Waals surface area contributed by atoms with Crippen molar-refractivity contribution < 1.29 is 14.3 Å². The van der Waals surface area contributed by atoms with Gasteiger partial charge in [0.15, 0.2) is 0 Å². The molecule has 1 saturated heterocycles. The summed E-state index contributed by atoms with van der Waals surface area (Å²) in [5, 5.41) is 0.434. The molecular weight excluding hydrogens is 392 g/mol. The van der Waals surface area contributed by atoms with Gasteiger partial charge >= 0.3 is 6.09 Å². The summed E-state index contributed by atoms with van der Waals surface area (Å²) in [6, 6.07) is 1.88. The number of amides is 1. The van der Waals surface area contributed by atoms with Gasteiger partial charge < -0.3 is 14.4 Å². The summed E-state index contributed by atoms with van der Waals surface area (Å²) < 4.78 is 11.3. The van der Waals surface area contributed by atoms with Crippen LogP contribution in [0.15, 0.2) is 30.1 Å². The van der Waals surface area contributed by atoms with Crippen molar-refractivity contribution in [3.8, 4) is 5.75 Å². The SMILES string of the molecule is CC(C)(C)OC(=O)N1CC[C@H]1COc1cnc(Cl)c(C=C/C=C\[Si](C)(C)C)c1. The van der Waals surface area contributed by atoms with Gasteiger partial charge in [-0.05, 0) is 33.3 Å². The zero-order valence-corrected chi connectivity index (χ0v) is 19.4. The molecule has 0 spiro atoms. The molecule has 5 nitrogen and oxygen atoms in total. The summed E-state index contributed by atoms with van der Waals surface area (Å²) in [6.45, 7) is 13.5. The number of carbonyl (C=O) groups is 1. The topological polar surface area (TPSA) is 51.7 Å². The summed E-state index contributed by atoms with van der Waals surface area (Å²) in [6.07, 6.45) is 8.17. The van der Waals surface area contributed by atoms with E-state index in [2.05, 4.69) is 36.4 Å². The lowest BCUT2D eigenvalue weighted by atomic mass is 10.1. The molecule has 2 heterocycles. The highest BCUT2D eigenvalue weighted by molar-refractivity contribution is 6.81. The van der Waals surface area contributed by atoms with Crippen LogP contribution in [0.5, 0.6) is 5.75 Å². The molecule has 1 amide bonds. The number of rotatable bonds is 6. The predicted octanol–water partition coefficient (Wildman–Crippen LogP) is 5.57. The van der Waals surface area contributed by atoms with Crippen molar-refractivity contribution in [2.24, 2.45) is 0 Å². The Morgan fingerprint density at radius 2 is 2.07 bits per heavy atom. The lowest BCUT2D eigenvalue weighted by molar-refractivity contribution is -0.0141. The van der Waals surface area contributed by atoms with Crippen LogP contribution < -0.4 is 4.74 Å². The van der Waals surface area contributed by atoms with Gasteiger partial charge in [0.05, 0.1) is 20.3 Å². The Hall–Kier alpha value is -1.79. The number of ether oxygens (including phenoxy) is 2. The van der Waals surface area contributed by atoms with Crippen LogP contribution in [0.2, 0.25) is 24.8 Å². The minimum absolute atomic E-state index is 0.0178. The third-order valence-corrected chi connectivity index (χ3v) is 5.55. The van der Waals surface area contributed by atoms with E-state index in [4.69, 9.17) is 21.1 Å². The van der Waals surface area contributed by atoms with E-state index in [1.165, 1.54) is 0 Å². The van der Waals surface area contributed by atoms with Crippen LogP contribution in [0.1, 0.15) is 32.8 Å². The van der Waals surface area contributed by atoms with Crippen molar-refractivity contribution in [2.45, 2.75) is 58.5 Å². The van der Waals surface area contributed by atoms with Gasteiger partial charge in [-0.15, -0.1) is 0 Å². The van der Waals surface area contributed by atoms with Gasteiger partial charge in [-0.1, -0.05) is 55.2 Å². The lowest BCUT2D eigenvalue weighted by Gasteiger charge is -2.40. The summed E-state index contributed by atoms with van der Waals surface area (Å²) >= 11 is 6.19. The first-order valence-electron chi connectivity index (χ1n) is 9.58. The minimum Gasteiger partial charge on any atom is -0.490 e. The molecule has 0 unspecified atom stereocenters. The third kappa shape index (κ3) is 7.32. The Balaban J connectivity index is 1.94. The highest BCUT2D eigenvalue weighted by Crippen LogP contribution is 2.24. The van der Waals surface area contributed by atoms with E-state index in [0.717, 1.165) is 12.0 Å². The van der Waals surface area contributed by atoms with E-state index >= 15 is 0 Å². The standard InChI is InChI=1S/C21H31ClN2O3Si/c1-21(2,3)27-20(25)24-11-10-17(24)15-26-18-13-16(19(22)23-14-18)9-7-8-12-28(4,5)6/h7-9,12-14,17H,10-11,15H2,1-6H3/b9-7?,12-8-/t17-/m0/s1. The van der Waals surface area contributed by atoms with Crippen LogP contribution >= 0.6 is 11.6 Å². The fourth-order valence-corrected chi connectivity index (χ4v) is 3.37. The van der Waals surface area contributed by atoms with Gasteiger partial charge in [-0.25, -0.2) is 9.78 Å². The Labute approximate surface area is 174 Å². The molecule has 0 bridgehead atoms. The number of halogens is 1. The molecule has 1 aromatic heterocycles. The Kier molecular flexibility index (Phi) is 7.34. The predicted molar refractivity (Wildman–Crippen MR) is 118 cm³/mol. The number of aromatic nitrogens is 1. The molecule has 0 radical (unpaired) electrons.